The van der Waals surface area contributed by atoms with Gasteiger partial charge in [-0.15, -0.1) is 0 Å². The summed E-state index contributed by atoms with van der Waals surface area (Å²) in [5.41, 5.74) is 1.20. The van der Waals surface area contributed by atoms with Crippen LogP contribution in [0.25, 0.3) is 0 Å². The van der Waals surface area contributed by atoms with E-state index in [1.807, 2.05) is 6.92 Å². The second kappa shape index (κ2) is 6.99. The molecule has 3 rings (SSSR count). The Morgan fingerprint density at radius 2 is 1.96 bits per heavy atom. The summed E-state index contributed by atoms with van der Waals surface area (Å²) in [6, 6.07) is 12.2. The van der Waals surface area contributed by atoms with Gasteiger partial charge in [0.15, 0.2) is 0 Å². The van der Waals surface area contributed by atoms with E-state index in [0.717, 1.165) is 12.8 Å². The number of rotatable bonds is 5. The van der Waals surface area contributed by atoms with Crippen molar-refractivity contribution in [1.29, 1.82) is 0 Å². The molecule has 1 N–H and O–H groups in total. The second-order valence-corrected chi connectivity index (χ2v) is 6.12. The Hall–Kier alpha value is -2.43. The quantitative estimate of drug-likeness (QED) is 0.866. The minimum atomic E-state index is -0.355. The van der Waals surface area contributed by atoms with Crippen LogP contribution >= 0.6 is 0 Å². The van der Waals surface area contributed by atoms with Gasteiger partial charge in [-0.1, -0.05) is 30.3 Å². The normalized spacial score (nSPS) is 15.0. The van der Waals surface area contributed by atoms with Crippen LogP contribution in [-0.4, -0.2) is 17.0 Å². The summed E-state index contributed by atoms with van der Waals surface area (Å²) in [5, 5.41) is 2.82. The average Bonchev–Trinajstić information content (AvgIpc) is 3.38. The lowest BCUT2D eigenvalue weighted by molar-refractivity contribution is 0.173. The van der Waals surface area contributed by atoms with Gasteiger partial charge in [0.1, 0.15) is 11.6 Å². The highest BCUT2D eigenvalue weighted by Crippen LogP contribution is 2.35. The summed E-state index contributed by atoms with van der Waals surface area (Å²) in [7, 11) is 0. The molecule has 1 atom stereocenters. The summed E-state index contributed by atoms with van der Waals surface area (Å²) in [4.78, 5) is 14.3. The number of benzene rings is 2. The molecule has 0 saturated heterocycles. The largest absolute Gasteiger partial charge is 0.334 e. The Labute approximate surface area is 140 Å². The van der Waals surface area contributed by atoms with Gasteiger partial charge in [-0.3, -0.25) is 0 Å². The Morgan fingerprint density at radius 1 is 1.21 bits per heavy atom. The van der Waals surface area contributed by atoms with Crippen molar-refractivity contribution >= 4 is 6.03 Å². The highest BCUT2D eigenvalue weighted by Gasteiger charge is 2.36. The third-order valence-electron chi connectivity index (χ3n) is 4.28. The van der Waals surface area contributed by atoms with Gasteiger partial charge in [-0.25, -0.2) is 13.6 Å². The lowest BCUT2D eigenvalue weighted by atomic mass is 10.1. The van der Waals surface area contributed by atoms with Crippen molar-refractivity contribution in [2.75, 3.05) is 0 Å². The first-order valence-electron chi connectivity index (χ1n) is 8.11. The van der Waals surface area contributed by atoms with Crippen molar-refractivity contribution in [3.05, 3.63) is 71.3 Å². The summed E-state index contributed by atoms with van der Waals surface area (Å²) >= 11 is 0. The van der Waals surface area contributed by atoms with Crippen molar-refractivity contribution in [3.8, 4) is 0 Å². The SMILES string of the molecule is CC(c1ccccc1F)N(C(=O)NCc1cccc(F)c1)C1CC1. The van der Waals surface area contributed by atoms with Crippen LogP contribution in [0.4, 0.5) is 13.6 Å². The van der Waals surface area contributed by atoms with Crippen molar-refractivity contribution < 1.29 is 13.6 Å². The van der Waals surface area contributed by atoms with E-state index in [2.05, 4.69) is 5.32 Å². The molecule has 0 aromatic heterocycles. The van der Waals surface area contributed by atoms with Gasteiger partial charge in [-0.2, -0.15) is 0 Å². The van der Waals surface area contributed by atoms with Crippen molar-refractivity contribution in [3.63, 3.8) is 0 Å². The van der Waals surface area contributed by atoms with Crippen LogP contribution in [0.5, 0.6) is 0 Å². The Bertz CT molecular complexity index is 731. The third kappa shape index (κ3) is 3.72. The Morgan fingerprint density at radius 3 is 2.62 bits per heavy atom. The number of hydrogen-bond donors (Lipinski definition) is 1. The first-order chi connectivity index (χ1) is 11.6. The zero-order chi connectivity index (χ0) is 17.1. The van der Waals surface area contributed by atoms with Crippen LogP contribution < -0.4 is 5.32 Å². The van der Waals surface area contributed by atoms with Crippen LogP contribution in [0.2, 0.25) is 0 Å². The van der Waals surface area contributed by atoms with Gasteiger partial charge in [0, 0.05) is 18.2 Å². The van der Waals surface area contributed by atoms with E-state index in [4.69, 9.17) is 0 Å². The number of hydrogen-bond acceptors (Lipinski definition) is 1. The predicted molar refractivity (Wildman–Crippen MR) is 88.3 cm³/mol. The summed E-state index contributed by atoms with van der Waals surface area (Å²) in [6.45, 7) is 2.07. The van der Waals surface area contributed by atoms with E-state index >= 15 is 0 Å². The molecular weight excluding hydrogens is 310 g/mol. The predicted octanol–water partition coefficient (Wildman–Crippen LogP) is 4.40. The van der Waals surface area contributed by atoms with E-state index in [-0.39, 0.29) is 36.3 Å². The molecule has 24 heavy (non-hydrogen) atoms. The molecule has 1 unspecified atom stereocenters. The van der Waals surface area contributed by atoms with E-state index in [1.165, 1.54) is 18.2 Å². The number of amides is 2. The highest BCUT2D eigenvalue weighted by atomic mass is 19.1. The molecule has 0 radical (unpaired) electrons. The van der Waals surface area contributed by atoms with E-state index in [0.29, 0.717) is 11.1 Å². The zero-order valence-corrected chi connectivity index (χ0v) is 13.5. The van der Waals surface area contributed by atoms with Crippen LogP contribution in [0.1, 0.15) is 36.9 Å². The molecule has 0 heterocycles. The smallest absolute Gasteiger partial charge is 0.318 e. The minimum absolute atomic E-state index is 0.132. The minimum Gasteiger partial charge on any atom is -0.334 e. The zero-order valence-electron chi connectivity index (χ0n) is 13.5. The number of nitrogens with one attached hydrogen (secondary N) is 1. The van der Waals surface area contributed by atoms with Gasteiger partial charge in [0.05, 0.1) is 6.04 Å². The monoisotopic (exact) mass is 330 g/mol. The molecule has 2 aromatic carbocycles. The fraction of sp³-hybridized carbons (Fsp3) is 0.316. The van der Waals surface area contributed by atoms with Gasteiger partial charge in [-0.05, 0) is 43.5 Å². The van der Waals surface area contributed by atoms with Crippen molar-refractivity contribution in [2.45, 2.75) is 38.4 Å². The fourth-order valence-corrected chi connectivity index (χ4v) is 2.89. The lowest BCUT2D eigenvalue weighted by Gasteiger charge is -2.30. The molecule has 1 saturated carbocycles. The molecule has 1 aliphatic carbocycles. The number of carbonyl (C=O) groups is 1. The Balaban J connectivity index is 1.71. The standard InChI is InChI=1S/C19H20F2N2O/c1-13(17-7-2-3-8-18(17)21)23(16-9-10-16)19(24)22-12-14-5-4-6-15(20)11-14/h2-8,11,13,16H,9-10,12H2,1H3,(H,22,24). The number of carbonyl (C=O) groups excluding carboxylic acids is 1. The number of halogens is 2. The Kier molecular flexibility index (Phi) is 4.79. The molecule has 0 spiro atoms. The first-order valence-corrected chi connectivity index (χ1v) is 8.11. The molecule has 0 bridgehead atoms. The molecular formula is C19H20F2N2O. The third-order valence-corrected chi connectivity index (χ3v) is 4.28. The van der Waals surface area contributed by atoms with Gasteiger partial charge in [0.25, 0.3) is 0 Å². The highest BCUT2D eigenvalue weighted by molar-refractivity contribution is 5.75. The molecule has 126 valence electrons. The van der Waals surface area contributed by atoms with Crippen LogP contribution in [0.15, 0.2) is 48.5 Å². The van der Waals surface area contributed by atoms with Crippen LogP contribution in [0.3, 0.4) is 0 Å². The van der Waals surface area contributed by atoms with Crippen LogP contribution in [-0.2, 0) is 6.54 Å². The first kappa shape index (κ1) is 16.4. The average molecular weight is 330 g/mol. The van der Waals surface area contributed by atoms with E-state index in [1.54, 1.807) is 35.2 Å². The molecule has 1 fully saturated rings. The number of urea groups is 1. The van der Waals surface area contributed by atoms with Crippen LogP contribution in [0, 0.1) is 11.6 Å². The summed E-state index contributed by atoms with van der Waals surface area (Å²) < 4.78 is 27.3. The molecule has 2 amide bonds. The lowest BCUT2D eigenvalue weighted by Crippen LogP contribution is -2.42. The fourth-order valence-electron chi connectivity index (χ4n) is 2.89. The second-order valence-electron chi connectivity index (χ2n) is 6.12. The molecule has 2 aromatic rings. The topological polar surface area (TPSA) is 32.3 Å². The van der Waals surface area contributed by atoms with Crippen molar-refractivity contribution in [2.24, 2.45) is 0 Å². The maximum absolute atomic E-state index is 14.0. The summed E-state index contributed by atoms with van der Waals surface area (Å²) in [5.74, 6) is -0.644. The summed E-state index contributed by atoms with van der Waals surface area (Å²) in [6.07, 6.45) is 1.85. The van der Waals surface area contributed by atoms with Gasteiger partial charge in [0.2, 0.25) is 0 Å². The van der Waals surface area contributed by atoms with E-state index < -0.39 is 0 Å². The van der Waals surface area contributed by atoms with E-state index in [9.17, 15) is 13.6 Å². The molecule has 3 nitrogen and oxygen atoms in total. The van der Waals surface area contributed by atoms with Gasteiger partial charge >= 0.3 is 6.03 Å². The molecule has 5 heteroatoms. The maximum Gasteiger partial charge on any atom is 0.318 e. The maximum atomic E-state index is 14.0. The molecule has 1 aliphatic rings. The van der Waals surface area contributed by atoms with Gasteiger partial charge < -0.3 is 10.2 Å². The number of nitrogens with zero attached hydrogens (tertiary/aromatic N) is 1. The molecule has 0 aliphatic heterocycles. The van der Waals surface area contributed by atoms with Crippen molar-refractivity contribution in [1.82, 2.24) is 10.2 Å².